The zero-order chi connectivity index (χ0) is 10.2. The van der Waals surface area contributed by atoms with Crippen LogP contribution in [0.4, 0.5) is 4.39 Å². The van der Waals surface area contributed by atoms with Crippen LogP contribution in [-0.4, -0.2) is 10.9 Å². The van der Waals surface area contributed by atoms with Crippen LogP contribution in [-0.2, 0) is 0 Å². The molecule has 0 radical (unpaired) electrons. The van der Waals surface area contributed by atoms with Crippen molar-refractivity contribution < 1.29 is 14.3 Å². The lowest BCUT2D eigenvalue weighted by atomic mass is 10.1. The number of halogens is 3. The minimum Gasteiger partial charge on any atom is -0.506 e. The van der Waals surface area contributed by atoms with Gasteiger partial charge in [-0.25, -0.2) is 4.39 Å². The summed E-state index contributed by atoms with van der Waals surface area (Å²) >= 11 is 10.9. The number of Topliss-reactive ketones (excluding diaryl/α,β-unsaturated/α-hetero) is 1. The number of rotatable bonds is 1. The predicted molar refractivity (Wildman–Crippen MR) is 48.1 cm³/mol. The van der Waals surface area contributed by atoms with E-state index in [1.807, 2.05) is 0 Å². The molecule has 0 aliphatic heterocycles. The van der Waals surface area contributed by atoms with E-state index in [-0.39, 0.29) is 10.6 Å². The zero-order valence-electron chi connectivity index (χ0n) is 6.57. The molecular formula is C8H5Cl2FO2. The SMILES string of the molecule is CC(=O)c1c(O)c(Cl)cc(F)c1Cl. The maximum Gasteiger partial charge on any atom is 0.165 e. The number of carbonyl (C=O) groups is 1. The Balaban J connectivity index is 3.56. The maximum atomic E-state index is 12.9. The van der Waals surface area contributed by atoms with Crippen molar-refractivity contribution in [1.29, 1.82) is 0 Å². The van der Waals surface area contributed by atoms with Crippen LogP contribution in [0.25, 0.3) is 0 Å². The van der Waals surface area contributed by atoms with E-state index in [4.69, 9.17) is 23.2 Å². The van der Waals surface area contributed by atoms with Gasteiger partial charge >= 0.3 is 0 Å². The minimum absolute atomic E-state index is 0.230. The highest BCUT2D eigenvalue weighted by Crippen LogP contribution is 2.35. The molecule has 0 unspecified atom stereocenters. The summed E-state index contributed by atoms with van der Waals surface area (Å²) in [4.78, 5) is 10.9. The van der Waals surface area contributed by atoms with Gasteiger partial charge in [0, 0.05) is 0 Å². The average Bonchev–Trinajstić information content (AvgIpc) is 2.01. The van der Waals surface area contributed by atoms with Crippen LogP contribution in [0.5, 0.6) is 5.75 Å². The smallest absolute Gasteiger partial charge is 0.165 e. The van der Waals surface area contributed by atoms with E-state index >= 15 is 0 Å². The Morgan fingerprint density at radius 2 is 2.08 bits per heavy atom. The lowest BCUT2D eigenvalue weighted by molar-refractivity contribution is 0.101. The van der Waals surface area contributed by atoms with Gasteiger partial charge in [-0.05, 0) is 13.0 Å². The predicted octanol–water partition coefficient (Wildman–Crippen LogP) is 3.04. The van der Waals surface area contributed by atoms with Crippen molar-refractivity contribution >= 4 is 29.0 Å². The number of ketones is 1. The van der Waals surface area contributed by atoms with Crippen LogP contribution in [0.3, 0.4) is 0 Å². The van der Waals surface area contributed by atoms with Gasteiger partial charge in [-0.2, -0.15) is 0 Å². The van der Waals surface area contributed by atoms with Gasteiger partial charge in [0.15, 0.2) is 5.78 Å². The van der Waals surface area contributed by atoms with E-state index in [1.165, 1.54) is 0 Å². The first kappa shape index (κ1) is 10.3. The molecule has 0 saturated carbocycles. The van der Waals surface area contributed by atoms with Crippen molar-refractivity contribution in [1.82, 2.24) is 0 Å². The molecule has 2 nitrogen and oxygen atoms in total. The third-order valence-electron chi connectivity index (χ3n) is 1.50. The summed E-state index contributed by atoms with van der Waals surface area (Å²) in [5, 5.41) is 8.63. The molecular weight excluding hydrogens is 218 g/mol. The Morgan fingerprint density at radius 3 is 2.54 bits per heavy atom. The molecule has 70 valence electrons. The molecule has 1 aromatic carbocycles. The average molecular weight is 223 g/mol. The summed E-state index contributed by atoms with van der Waals surface area (Å²) < 4.78 is 12.9. The summed E-state index contributed by atoms with van der Waals surface area (Å²) in [6, 6.07) is 0.853. The second kappa shape index (κ2) is 3.52. The molecule has 0 saturated heterocycles. The summed E-state index contributed by atoms with van der Waals surface area (Å²) in [6.07, 6.45) is 0. The number of phenolic OH excluding ortho intramolecular Hbond substituents is 1. The van der Waals surface area contributed by atoms with E-state index in [0.717, 1.165) is 13.0 Å². The molecule has 1 N–H and O–H groups in total. The van der Waals surface area contributed by atoms with Crippen LogP contribution >= 0.6 is 23.2 Å². The Labute approximate surface area is 83.9 Å². The van der Waals surface area contributed by atoms with Crippen LogP contribution < -0.4 is 0 Å². The third-order valence-corrected chi connectivity index (χ3v) is 2.16. The van der Waals surface area contributed by atoms with E-state index in [0.29, 0.717) is 0 Å². The Morgan fingerprint density at radius 1 is 1.54 bits per heavy atom. The van der Waals surface area contributed by atoms with Crippen LogP contribution in [0.15, 0.2) is 6.07 Å². The molecule has 13 heavy (non-hydrogen) atoms. The molecule has 0 heterocycles. The van der Waals surface area contributed by atoms with Gasteiger partial charge in [-0.3, -0.25) is 4.79 Å². The number of benzene rings is 1. The van der Waals surface area contributed by atoms with Gasteiger partial charge in [0.25, 0.3) is 0 Å². The Kier molecular flexibility index (Phi) is 2.78. The van der Waals surface area contributed by atoms with Gasteiger partial charge in [0.1, 0.15) is 11.6 Å². The van der Waals surface area contributed by atoms with Crippen LogP contribution in [0, 0.1) is 5.82 Å². The second-order valence-corrected chi connectivity index (χ2v) is 3.22. The standard InChI is InChI=1S/C8H5Cl2FO2/c1-3(12)6-7(10)5(11)2-4(9)8(6)13/h2,13H,1H3. The van der Waals surface area contributed by atoms with Gasteiger partial charge < -0.3 is 5.11 Å². The van der Waals surface area contributed by atoms with Crippen molar-refractivity contribution in [3.05, 3.63) is 27.5 Å². The van der Waals surface area contributed by atoms with Crippen LogP contribution in [0.2, 0.25) is 10.0 Å². The zero-order valence-corrected chi connectivity index (χ0v) is 8.08. The Bertz CT molecular complexity index is 351. The first-order valence-electron chi connectivity index (χ1n) is 3.32. The molecule has 0 aliphatic carbocycles. The van der Waals surface area contributed by atoms with Crippen molar-refractivity contribution in [2.45, 2.75) is 6.92 Å². The normalized spacial score (nSPS) is 10.2. The first-order valence-corrected chi connectivity index (χ1v) is 4.08. The van der Waals surface area contributed by atoms with Gasteiger partial charge in [0.2, 0.25) is 0 Å². The van der Waals surface area contributed by atoms with Crippen molar-refractivity contribution in [3.63, 3.8) is 0 Å². The highest BCUT2D eigenvalue weighted by atomic mass is 35.5. The monoisotopic (exact) mass is 222 g/mol. The molecule has 0 bridgehead atoms. The number of phenols is 1. The molecule has 1 aromatic rings. The van der Waals surface area contributed by atoms with E-state index in [2.05, 4.69) is 0 Å². The van der Waals surface area contributed by atoms with Crippen molar-refractivity contribution in [2.75, 3.05) is 0 Å². The lowest BCUT2D eigenvalue weighted by Gasteiger charge is -2.05. The highest BCUT2D eigenvalue weighted by molar-refractivity contribution is 6.37. The third kappa shape index (κ3) is 1.76. The lowest BCUT2D eigenvalue weighted by Crippen LogP contribution is -1.97. The summed E-state index contributed by atoms with van der Waals surface area (Å²) in [7, 11) is 0. The maximum absolute atomic E-state index is 12.9. The fraction of sp³-hybridized carbons (Fsp3) is 0.125. The molecule has 5 heteroatoms. The van der Waals surface area contributed by atoms with Gasteiger partial charge in [-0.1, -0.05) is 23.2 Å². The summed E-state index contributed by atoms with van der Waals surface area (Å²) in [6.45, 7) is 1.16. The fourth-order valence-corrected chi connectivity index (χ4v) is 1.37. The van der Waals surface area contributed by atoms with Crippen molar-refractivity contribution in [3.8, 4) is 5.75 Å². The van der Waals surface area contributed by atoms with E-state index in [1.54, 1.807) is 0 Å². The number of hydrogen-bond acceptors (Lipinski definition) is 2. The highest BCUT2D eigenvalue weighted by Gasteiger charge is 2.18. The summed E-state index contributed by atoms with van der Waals surface area (Å²) in [5.41, 5.74) is -0.285. The van der Waals surface area contributed by atoms with Gasteiger partial charge in [0.05, 0.1) is 15.6 Å². The fourth-order valence-electron chi connectivity index (χ4n) is 0.907. The largest absolute Gasteiger partial charge is 0.506 e. The molecule has 0 fully saturated rings. The summed E-state index contributed by atoms with van der Waals surface area (Å²) in [5.74, 6) is -1.85. The quantitative estimate of drug-likeness (QED) is 0.586. The molecule has 0 spiro atoms. The van der Waals surface area contributed by atoms with Crippen molar-refractivity contribution in [2.24, 2.45) is 0 Å². The van der Waals surface area contributed by atoms with E-state index in [9.17, 15) is 14.3 Å². The number of aromatic hydroxyl groups is 1. The number of carbonyl (C=O) groups excluding carboxylic acids is 1. The molecule has 0 aliphatic rings. The molecule has 0 atom stereocenters. The molecule has 0 amide bonds. The van der Waals surface area contributed by atoms with Gasteiger partial charge in [-0.15, -0.1) is 0 Å². The topological polar surface area (TPSA) is 37.3 Å². The van der Waals surface area contributed by atoms with E-state index < -0.39 is 22.4 Å². The minimum atomic E-state index is -0.824. The second-order valence-electron chi connectivity index (χ2n) is 2.43. The van der Waals surface area contributed by atoms with Crippen LogP contribution in [0.1, 0.15) is 17.3 Å². The molecule has 1 rings (SSSR count). The Hall–Kier alpha value is -0.800. The number of hydrogen-bond donors (Lipinski definition) is 1. The molecule has 0 aromatic heterocycles. The first-order chi connectivity index (χ1) is 5.95.